The number of aromatic nitrogens is 1. The molecule has 0 unspecified atom stereocenters. The lowest BCUT2D eigenvalue weighted by molar-refractivity contribution is 0.0655. The summed E-state index contributed by atoms with van der Waals surface area (Å²) < 4.78 is 0. The fraction of sp³-hybridized carbons (Fsp3) is 0.593. The molecule has 1 saturated heterocycles. The van der Waals surface area contributed by atoms with Crippen molar-refractivity contribution in [2.24, 2.45) is 0 Å². The van der Waals surface area contributed by atoms with Gasteiger partial charge in [0.05, 0.1) is 11.1 Å². The molecule has 3 aliphatic rings. The van der Waals surface area contributed by atoms with Gasteiger partial charge in [-0.15, -0.1) is 0 Å². The number of rotatable bonds is 6. The van der Waals surface area contributed by atoms with E-state index >= 15 is 0 Å². The van der Waals surface area contributed by atoms with Crippen LogP contribution in [-0.4, -0.2) is 58.3 Å². The van der Waals surface area contributed by atoms with Crippen molar-refractivity contribution in [3.05, 3.63) is 41.1 Å². The van der Waals surface area contributed by atoms with Crippen molar-refractivity contribution in [3.63, 3.8) is 0 Å². The van der Waals surface area contributed by atoms with Crippen LogP contribution in [0.4, 0.5) is 0 Å². The minimum atomic E-state index is -0.0742. The molecule has 1 aromatic heterocycles. The summed E-state index contributed by atoms with van der Waals surface area (Å²) in [6.45, 7) is 5.64. The van der Waals surface area contributed by atoms with Gasteiger partial charge >= 0.3 is 0 Å². The van der Waals surface area contributed by atoms with E-state index in [1.165, 1.54) is 38.5 Å². The molecule has 1 N–H and O–H groups in total. The minimum Gasteiger partial charge on any atom is -0.352 e. The number of carbonyl (C=O) groups excluding carboxylic acids is 2. The number of pyridine rings is 1. The molecule has 2 fully saturated rings. The molecule has 0 spiro atoms. The summed E-state index contributed by atoms with van der Waals surface area (Å²) in [4.78, 5) is 36.0. The van der Waals surface area contributed by atoms with E-state index in [2.05, 4.69) is 17.1 Å². The summed E-state index contributed by atoms with van der Waals surface area (Å²) in [7, 11) is 0. The smallest absolute Gasteiger partial charge is 0.273 e. The quantitative estimate of drug-likeness (QED) is 0.660. The van der Waals surface area contributed by atoms with Crippen LogP contribution < -0.4 is 5.32 Å². The third-order valence-electron chi connectivity index (χ3n) is 7.88. The number of fused-ring (bicyclic) bond motifs is 2. The fourth-order valence-corrected chi connectivity index (χ4v) is 5.97. The lowest BCUT2D eigenvalue weighted by Gasteiger charge is -2.33. The monoisotopic (exact) mass is 448 g/mol. The number of nitrogens with zero attached hydrogens (tertiary/aromatic N) is 3. The van der Waals surface area contributed by atoms with Crippen molar-refractivity contribution in [3.8, 4) is 0 Å². The number of piperidine rings is 1. The zero-order valence-corrected chi connectivity index (χ0v) is 19.8. The Bertz CT molecular complexity index is 1030. The van der Waals surface area contributed by atoms with Gasteiger partial charge in [-0.1, -0.05) is 43.9 Å². The highest BCUT2D eigenvalue weighted by Crippen LogP contribution is 2.34. The number of para-hydroxylation sites is 1. The lowest BCUT2D eigenvalue weighted by atomic mass is 9.94. The molecular weight excluding hydrogens is 412 g/mol. The number of amides is 2. The Labute approximate surface area is 196 Å². The van der Waals surface area contributed by atoms with Crippen molar-refractivity contribution < 1.29 is 9.59 Å². The number of likely N-dealkylation sites (tertiary alicyclic amines) is 1. The zero-order chi connectivity index (χ0) is 22.8. The molecule has 3 heterocycles. The Balaban J connectivity index is 1.34. The van der Waals surface area contributed by atoms with Gasteiger partial charge in [-0.05, 0) is 51.6 Å². The van der Waals surface area contributed by atoms with Gasteiger partial charge in [0.25, 0.3) is 11.8 Å². The van der Waals surface area contributed by atoms with Gasteiger partial charge in [0.1, 0.15) is 5.69 Å². The van der Waals surface area contributed by atoms with E-state index in [-0.39, 0.29) is 17.9 Å². The van der Waals surface area contributed by atoms with Gasteiger partial charge in [0.15, 0.2) is 0 Å². The maximum atomic E-state index is 13.4. The van der Waals surface area contributed by atoms with Crippen molar-refractivity contribution in [1.29, 1.82) is 0 Å². The Morgan fingerprint density at radius 3 is 2.70 bits per heavy atom. The van der Waals surface area contributed by atoms with E-state index in [4.69, 9.17) is 4.98 Å². The highest BCUT2D eigenvalue weighted by Gasteiger charge is 2.38. The Morgan fingerprint density at radius 2 is 1.88 bits per heavy atom. The summed E-state index contributed by atoms with van der Waals surface area (Å²) in [6.07, 6.45) is 10.5. The number of hydrogen-bond acceptors (Lipinski definition) is 4. The molecule has 176 valence electrons. The summed E-state index contributed by atoms with van der Waals surface area (Å²) in [5.41, 5.74) is 2.66. The Morgan fingerprint density at radius 1 is 1.09 bits per heavy atom. The van der Waals surface area contributed by atoms with Crippen molar-refractivity contribution in [2.75, 3.05) is 19.6 Å². The largest absolute Gasteiger partial charge is 0.352 e. The number of hydrogen-bond donors (Lipinski definition) is 1. The van der Waals surface area contributed by atoms with Crippen LogP contribution >= 0.6 is 0 Å². The van der Waals surface area contributed by atoms with Crippen LogP contribution in [0.1, 0.15) is 91.1 Å². The molecule has 33 heavy (non-hydrogen) atoms. The topological polar surface area (TPSA) is 65.5 Å². The van der Waals surface area contributed by atoms with Crippen LogP contribution in [0.25, 0.3) is 10.9 Å². The average Bonchev–Trinajstić information content (AvgIpc) is 3.17. The predicted molar refractivity (Wildman–Crippen MR) is 130 cm³/mol. The second-order valence-electron chi connectivity index (χ2n) is 10.0. The van der Waals surface area contributed by atoms with E-state index in [0.717, 1.165) is 48.8 Å². The van der Waals surface area contributed by atoms with Crippen LogP contribution in [0.5, 0.6) is 0 Å². The first-order valence-electron chi connectivity index (χ1n) is 12.9. The second-order valence-corrected chi connectivity index (χ2v) is 10.0. The molecule has 1 aliphatic carbocycles. The summed E-state index contributed by atoms with van der Waals surface area (Å²) >= 11 is 0. The maximum Gasteiger partial charge on any atom is 0.273 e. The standard InChI is InChI=1S/C27H36N4O2/c1-19-10-7-8-16-30(19)17-9-15-28-26(32)24-21-13-5-6-14-23(21)29-25-22(24)18-31(27(25)33)20-11-3-2-4-12-20/h5-6,13-14,19-20H,2-4,7-12,15-18H2,1H3,(H,28,32)/t19-/m1/s1. The van der Waals surface area contributed by atoms with E-state index in [1.807, 2.05) is 29.2 Å². The molecule has 1 saturated carbocycles. The van der Waals surface area contributed by atoms with E-state index in [1.54, 1.807) is 0 Å². The van der Waals surface area contributed by atoms with E-state index in [0.29, 0.717) is 30.4 Å². The van der Waals surface area contributed by atoms with Crippen LogP contribution in [0.3, 0.4) is 0 Å². The molecule has 6 nitrogen and oxygen atoms in total. The third kappa shape index (κ3) is 4.50. The normalized spacial score (nSPS) is 22.0. The first-order valence-corrected chi connectivity index (χ1v) is 12.9. The zero-order valence-electron chi connectivity index (χ0n) is 19.8. The van der Waals surface area contributed by atoms with E-state index < -0.39 is 0 Å². The highest BCUT2D eigenvalue weighted by molar-refractivity contribution is 6.11. The minimum absolute atomic E-state index is 0.00390. The first kappa shape index (κ1) is 22.3. The second kappa shape index (κ2) is 9.80. The van der Waals surface area contributed by atoms with Gasteiger partial charge in [-0.25, -0.2) is 4.98 Å². The molecule has 5 rings (SSSR count). The van der Waals surface area contributed by atoms with Crippen molar-refractivity contribution >= 4 is 22.7 Å². The van der Waals surface area contributed by atoms with E-state index in [9.17, 15) is 9.59 Å². The van der Waals surface area contributed by atoms with Crippen LogP contribution in [0.2, 0.25) is 0 Å². The molecule has 2 aliphatic heterocycles. The predicted octanol–water partition coefficient (Wildman–Crippen LogP) is 4.52. The van der Waals surface area contributed by atoms with Crippen LogP contribution in [0, 0.1) is 0 Å². The lowest BCUT2D eigenvalue weighted by Crippen LogP contribution is -2.39. The summed E-state index contributed by atoms with van der Waals surface area (Å²) in [5, 5.41) is 4.01. The SMILES string of the molecule is C[C@@H]1CCCCN1CCCNC(=O)c1c2c(nc3ccccc13)C(=O)N(C1CCCCC1)C2. The Hall–Kier alpha value is -2.47. The van der Waals surface area contributed by atoms with Crippen molar-refractivity contribution in [1.82, 2.24) is 20.1 Å². The van der Waals surface area contributed by atoms with Crippen LogP contribution in [-0.2, 0) is 6.54 Å². The first-order chi connectivity index (χ1) is 16.1. The maximum absolute atomic E-state index is 13.4. The van der Waals surface area contributed by atoms with Crippen molar-refractivity contribution in [2.45, 2.75) is 83.3 Å². The Kier molecular flexibility index (Phi) is 6.63. The van der Waals surface area contributed by atoms with Gasteiger partial charge in [-0.2, -0.15) is 0 Å². The highest BCUT2D eigenvalue weighted by atomic mass is 16.2. The molecular formula is C27H36N4O2. The number of benzene rings is 1. The fourth-order valence-electron chi connectivity index (χ4n) is 5.97. The molecule has 1 aromatic carbocycles. The molecule has 6 heteroatoms. The molecule has 2 amide bonds. The number of nitrogens with one attached hydrogen (secondary N) is 1. The molecule has 2 aromatic rings. The number of carbonyl (C=O) groups is 2. The van der Waals surface area contributed by atoms with Gasteiger partial charge in [-0.3, -0.25) is 9.59 Å². The molecule has 0 radical (unpaired) electrons. The summed E-state index contributed by atoms with van der Waals surface area (Å²) in [5.74, 6) is -0.0781. The van der Waals surface area contributed by atoms with Gasteiger partial charge in [0.2, 0.25) is 0 Å². The molecule has 1 atom stereocenters. The molecule has 0 bridgehead atoms. The van der Waals surface area contributed by atoms with Crippen LogP contribution in [0.15, 0.2) is 24.3 Å². The third-order valence-corrected chi connectivity index (χ3v) is 7.88. The van der Waals surface area contributed by atoms with Gasteiger partial charge < -0.3 is 15.1 Å². The van der Waals surface area contributed by atoms with Gasteiger partial charge in [0, 0.05) is 42.7 Å². The summed E-state index contributed by atoms with van der Waals surface area (Å²) in [6, 6.07) is 8.63. The average molecular weight is 449 g/mol.